The minimum absolute atomic E-state index is 0.233. The van der Waals surface area contributed by atoms with Gasteiger partial charge in [-0.05, 0) is 86.4 Å². The van der Waals surface area contributed by atoms with Crippen LogP contribution in [0.25, 0.3) is 10.8 Å². The Labute approximate surface area is 339 Å². The van der Waals surface area contributed by atoms with Gasteiger partial charge in [0.15, 0.2) is 0 Å². The van der Waals surface area contributed by atoms with Crippen LogP contribution in [0.15, 0.2) is 103 Å². The largest absolute Gasteiger partial charge is 0.488 e. The van der Waals surface area contributed by atoms with E-state index in [1.54, 1.807) is 25.4 Å². The van der Waals surface area contributed by atoms with Crippen molar-refractivity contribution in [3.05, 3.63) is 120 Å². The highest BCUT2D eigenvalue weighted by Crippen LogP contribution is 2.32. The Morgan fingerprint density at radius 3 is 2.40 bits per heavy atom. The van der Waals surface area contributed by atoms with E-state index < -0.39 is 11.4 Å². The molecule has 0 atom stereocenters. The van der Waals surface area contributed by atoms with Crippen LogP contribution < -0.4 is 31.3 Å². The number of nitrogens with one attached hydrogen (secondary N) is 6. The van der Waals surface area contributed by atoms with E-state index in [0.29, 0.717) is 53.7 Å². The molecule has 0 saturated carbocycles. The molecule has 0 unspecified atom stereocenters. The molecule has 1 saturated heterocycles. The average molecular weight is 785 g/mol. The number of allylic oxidation sites excluding steroid dienone is 1. The first-order valence-corrected chi connectivity index (χ1v) is 19.3. The number of urea groups is 1. The van der Waals surface area contributed by atoms with Crippen molar-refractivity contribution in [1.29, 1.82) is 5.41 Å². The summed E-state index contributed by atoms with van der Waals surface area (Å²) in [5, 5.41) is 25.5. The third-order valence-electron chi connectivity index (χ3n) is 9.74. The molecule has 14 heteroatoms. The normalized spacial score (nSPS) is 13.8. The second-order valence-electron chi connectivity index (χ2n) is 15.4. The number of rotatable bonds is 15. The maximum Gasteiger partial charge on any atom is 0.324 e. The van der Waals surface area contributed by atoms with Gasteiger partial charge in [0, 0.05) is 53.5 Å². The molecule has 5 aromatic rings. The number of carbonyl (C=O) groups excluding carboxylic acids is 2. The average Bonchev–Trinajstić information content (AvgIpc) is 3.20. The van der Waals surface area contributed by atoms with Crippen molar-refractivity contribution in [2.75, 3.05) is 49.7 Å². The number of pyridine rings is 1. The lowest BCUT2D eigenvalue weighted by molar-refractivity contribution is 0.0933. The number of ether oxygens (including phenoxy) is 2. The molecule has 1 aliphatic rings. The minimum Gasteiger partial charge on any atom is -0.488 e. The van der Waals surface area contributed by atoms with Crippen LogP contribution in [0.5, 0.6) is 5.75 Å². The standard InChI is InChI=1S/C44H52N10O4/c1-44(2,3)38(45)23-40(50-32-10-8-9-30(21-32)27-57-5)53-43(56)51-35-13-14-37(34-12-7-6-11-33(34)35)58-28-31-15-18-46-39(22-31)52-41-26-47-36(25-48-41)42(55)49-24-29-16-19-54(4)20-17-29/h6-15,18,21-23,25-26,29,45,50H,16-17,19-20,24,27-28H2,1-5H3,(H,49,55)(H,46,48,52)(H2,51,53,56)/b40-23+,45-38?. The zero-order chi connectivity index (χ0) is 41.1. The predicted octanol–water partition coefficient (Wildman–Crippen LogP) is 7.71. The van der Waals surface area contributed by atoms with Crippen LogP contribution in [-0.2, 0) is 18.0 Å². The monoisotopic (exact) mass is 784 g/mol. The Kier molecular flexibility index (Phi) is 13.6. The molecular weight excluding hydrogens is 733 g/mol. The summed E-state index contributed by atoms with van der Waals surface area (Å²) in [6, 6.07) is 22.2. The SMILES string of the molecule is COCc1cccc(N/C(=C\C(=N)C(C)(C)C)NC(=O)Nc2ccc(OCc3ccnc(Nc4cnc(C(=O)NCC5CCN(C)CC5)cn4)c3)c3ccccc23)c1. The summed E-state index contributed by atoms with van der Waals surface area (Å²) >= 11 is 0. The minimum atomic E-state index is -0.477. The summed E-state index contributed by atoms with van der Waals surface area (Å²) in [6.45, 7) is 9.25. The quantitative estimate of drug-likeness (QED) is 0.0577. The van der Waals surface area contributed by atoms with E-state index in [-0.39, 0.29) is 18.2 Å². The highest BCUT2D eigenvalue weighted by atomic mass is 16.5. The summed E-state index contributed by atoms with van der Waals surface area (Å²) in [4.78, 5) is 41.6. The molecule has 3 heterocycles. The molecular formula is C44H52N10O4. The molecule has 3 amide bonds. The molecule has 14 nitrogen and oxygen atoms in total. The molecule has 2 aromatic heterocycles. The number of amides is 3. The zero-order valence-corrected chi connectivity index (χ0v) is 33.7. The Morgan fingerprint density at radius 1 is 0.879 bits per heavy atom. The lowest BCUT2D eigenvalue weighted by Gasteiger charge is -2.28. The first-order chi connectivity index (χ1) is 27.9. The summed E-state index contributed by atoms with van der Waals surface area (Å²) < 4.78 is 11.6. The molecule has 0 bridgehead atoms. The summed E-state index contributed by atoms with van der Waals surface area (Å²) in [6.07, 6.45) is 8.42. The van der Waals surface area contributed by atoms with Crippen molar-refractivity contribution >= 4 is 51.4 Å². The highest BCUT2D eigenvalue weighted by Gasteiger charge is 2.19. The van der Waals surface area contributed by atoms with Gasteiger partial charge in [-0.25, -0.2) is 19.7 Å². The van der Waals surface area contributed by atoms with Gasteiger partial charge >= 0.3 is 6.03 Å². The van der Waals surface area contributed by atoms with E-state index in [9.17, 15) is 9.59 Å². The van der Waals surface area contributed by atoms with E-state index in [1.807, 2.05) is 87.5 Å². The number of aromatic nitrogens is 3. The fourth-order valence-electron chi connectivity index (χ4n) is 6.34. The van der Waals surface area contributed by atoms with Gasteiger partial charge in [-0.3, -0.25) is 10.1 Å². The Hall–Kier alpha value is -6.38. The smallest absolute Gasteiger partial charge is 0.324 e. The third-order valence-corrected chi connectivity index (χ3v) is 9.74. The number of benzene rings is 3. The van der Waals surface area contributed by atoms with Gasteiger partial charge in [0.2, 0.25) is 0 Å². The number of likely N-dealkylation sites (tertiary alicyclic amines) is 1. The fraction of sp³-hybridized carbons (Fsp3) is 0.318. The fourth-order valence-corrected chi connectivity index (χ4v) is 6.34. The summed E-state index contributed by atoms with van der Waals surface area (Å²) in [5.74, 6) is 2.24. The summed E-state index contributed by atoms with van der Waals surface area (Å²) in [5.41, 5.74) is 3.33. The number of methoxy groups -OCH3 is 1. The van der Waals surface area contributed by atoms with E-state index >= 15 is 0 Å². The van der Waals surface area contributed by atoms with Crippen molar-refractivity contribution in [2.24, 2.45) is 11.3 Å². The van der Waals surface area contributed by atoms with Crippen molar-refractivity contribution in [1.82, 2.24) is 30.5 Å². The van der Waals surface area contributed by atoms with Gasteiger partial charge in [-0.2, -0.15) is 0 Å². The molecule has 58 heavy (non-hydrogen) atoms. The lowest BCUT2D eigenvalue weighted by Crippen LogP contribution is -2.37. The molecule has 0 spiro atoms. The van der Waals surface area contributed by atoms with E-state index in [2.05, 4.69) is 53.5 Å². The summed E-state index contributed by atoms with van der Waals surface area (Å²) in [7, 11) is 3.76. The number of nitrogens with zero attached hydrogens (tertiary/aromatic N) is 4. The van der Waals surface area contributed by atoms with Crippen LogP contribution in [0, 0.1) is 16.7 Å². The number of anilines is 4. The predicted molar refractivity (Wildman–Crippen MR) is 229 cm³/mol. The van der Waals surface area contributed by atoms with Crippen LogP contribution >= 0.6 is 0 Å². The molecule has 6 rings (SSSR count). The Balaban J connectivity index is 1.07. The second-order valence-corrected chi connectivity index (χ2v) is 15.4. The molecule has 6 N–H and O–H groups in total. The van der Waals surface area contributed by atoms with Gasteiger partial charge in [0.05, 0.1) is 24.7 Å². The number of carbonyl (C=O) groups is 2. The Morgan fingerprint density at radius 2 is 1.66 bits per heavy atom. The van der Waals surface area contributed by atoms with Gasteiger partial charge in [0.1, 0.15) is 35.5 Å². The van der Waals surface area contributed by atoms with E-state index in [4.69, 9.17) is 14.9 Å². The van der Waals surface area contributed by atoms with Gasteiger partial charge < -0.3 is 41.1 Å². The van der Waals surface area contributed by atoms with Crippen LogP contribution in [-0.4, -0.2) is 71.3 Å². The lowest BCUT2D eigenvalue weighted by atomic mass is 9.90. The molecule has 3 aromatic carbocycles. The zero-order valence-electron chi connectivity index (χ0n) is 33.7. The van der Waals surface area contributed by atoms with Gasteiger partial charge in [-0.1, -0.05) is 57.2 Å². The van der Waals surface area contributed by atoms with Crippen molar-refractivity contribution in [3.8, 4) is 5.75 Å². The van der Waals surface area contributed by atoms with Gasteiger partial charge in [0.25, 0.3) is 5.91 Å². The molecule has 302 valence electrons. The van der Waals surface area contributed by atoms with E-state index in [0.717, 1.165) is 53.5 Å². The highest BCUT2D eigenvalue weighted by molar-refractivity contribution is 6.05. The maximum absolute atomic E-state index is 13.5. The Bertz CT molecular complexity index is 2250. The van der Waals surface area contributed by atoms with Crippen LogP contribution in [0.4, 0.5) is 27.8 Å². The van der Waals surface area contributed by atoms with Crippen molar-refractivity contribution in [2.45, 2.75) is 46.8 Å². The molecule has 0 radical (unpaired) electrons. The second kappa shape index (κ2) is 19.2. The van der Waals surface area contributed by atoms with E-state index in [1.165, 1.54) is 12.4 Å². The topological polar surface area (TPSA) is 179 Å². The van der Waals surface area contributed by atoms with Gasteiger partial charge in [-0.15, -0.1) is 0 Å². The van der Waals surface area contributed by atoms with Crippen LogP contribution in [0.1, 0.15) is 55.2 Å². The first-order valence-electron chi connectivity index (χ1n) is 19.3. The van der Waals surface area contributed by atoms with Crippen LogP contribution in [0.2, 0.25) is 0 Å². The number of fused-ring (bicyclic) bond motifs is 1. The van der Waals surface area contributed by atoms with Crippen molar-refractivity contribution in [3.63, 3.8) is 0 Å². The number of hydrogen-bond donors (Lipinski definition) is 6. The number of hydrogen-bond acceptors (Lipinski definition) is 11. The molecule has 0 aliphatic carbocycles. The maximum atomic E-state index is 13.5. The molecule has 1 aliphatic heterocycles. The first kappa shape index (κ1) is 41.3. The third kappa shape index (κ3) is 11.6. The van der Waals surface area contributed by atoms with Crippen molar-refractivity contribution < 1.29 is 19.1 Å². The number of piperidine rings is 1. The molecule has 1 fully saturated rings. The van der Waals surface area contributed by atoms with Crippen LogP contribution in [0.3, 0.4) is 0 Å².